The van der Waals surface area contributed by atoms with Crippen LogP contribution in [0.2, 0.25) is 0 Å². The van der Waals surface area contributed by atoms with E-state index in [0.717, 1.165) is 40.5 Å². The zero-order chi connectivity index (χ0) is 22.9. The number of para-hydroxylation sites is 1. The topological polar surface area (TPSA) is 65.5 Å². The molecule has 0 saturated carbocycles. The highest BCUT2D eigenvalue weighted by molar-refractivity contribution is 7.29. The first kappa shape index (κ1) is 22.0. The van der Waals surface area contributed by atoms with Crippen molar-refractivity contribution in [3.05, 3.63) is 65.0 Å². The van der Waals surface area contributed by atoms with Crippen molar-refractivity contribution in [2.24, 2.45) is 0 Å². The zero-order valence-electron chi connectivity index (χ0n) is 17.6. The van der Waals surface area contributed by atoms with Gasteiger partial charge in [-0.3, -0.25) is 4.79 Å². The Bertz CT molecular complexity index is 1440. The Morgan fingerprint density at radius 2 is 1.61 bits per heavy atom. The number of carbonyl (C=O) groups is 2. The molecule has 4 aromatic heterocycles. The van der Waals surface area contributed by atoms with E-state index in [1.54, 1.807) is 40.1 Å². The number of carbonyl (C=O) groups excluding carboxylic acids is 2. The van der Waals surface area contributed by atoms with Gasteiger partial charge < -0.3 is 9.47 Å². The summed E-state index contributed by atoms with van der Waals surface area (Å²) in [5.74, 6) is -0.664. The summed E-state index contributed by atoms with van der Waals surface area (Å²) in [6.45, 7) is 0. The van der Waals surface area contributed by atoms with Crippen molar-refractivity contribution in [1.82, 2.24) is 4.98 Å². The van der Waals surface area contributed by atoms with Crippen molar-refractivity contribution in [3.8, 4) is 29.4 Å². The first-order chi connectivity index (χ1) is 16.1. The quantitative estimate of drug-likeness (QED) is 0.230. The molecule has 0 saturated heterocycles. The molecule has 9 heteroatoms. The van der Waals surface area contributed by atoms with Crippen molar-refractivity contribution >= 4 is 67.5 Å². The molecule has 33 heavy (non-hydrogen) atoms. The minimum atomic E-state index is -0.365. The number of hydrogen-bond donors (Lipinski definition) is 0. The Morgan fingerprint density at radius 1 is 0.818 bits per heavy atom. The van der Waals surface area contributed by atoms with Gasteiger partial charge in [-0.2, -0.15) is 0 Å². The Hall–Kier alpha value is -2.85. The standard InChI is InChI=1S/C24H17NO4S4/c1-28-21(26)12-13-11-20(32-22(13)17-8-10-19(31-17)24(27)29-2)16-7-9-18(30-16)23-25-14-5-3-4-6-15(14)33-23/h3-11H,12H2,1-2H3. The smallest absolute Gasteiger partial charge is 0.348 e. The predicted octanol–water partition coefficient (Wildman–Crippen LogP) is 6.98. The largest absolute Gasteiger partial charge is 0.469 e. The number of hydrogen-bond acceptors (Lipinski definition) is 9. The molecule has 4 heterocycles. The van der Waals surface area contributed by atoms with Gasteiger partial charge in [0.2, 0.25) is 0 Å². The van der Waals surface area contributed by atoms with E-state index in [9.17, 15) is 9.59 Å². The molecule has 0 bridgehead atoms. The van der Waals surface area contributed by atoms with E-state index in [4.69, 9.17) is 14.5 Å². The summed E-state index contributed by atoms with van der Waals surface area (Å²) in [4.78, 5) is 34.4. The number of thiazole rings is 1. The Labute approximate surface area is 205 Å². The van der Waals surface area contributed by atoms with E-state index in [0.29, 0.717) is 4.88 Å². The summed E-state index contributed by atoms with van der Waals surface area (Å²) in [5.41, 5.74) is 1.89. The normalized spacial score (nSPS) is 11.1. The monoisotopic (exact) mass is 511 g/mol. The number of thiophene rings is 3. The SMILES string of the molecule is COC(=O)Cc1cc(-c2ccc(-c3nc4ccccc4s3)s2)sc1-c1ccc(C(=O)OC)s1. The molecule has 5 rings (SSSR count). The second-order valence-corrected chi connectivity index (χ2v) is 11.3. The summed E-state index contributed by atoms with van der Waals surface area (Å²) in [5, 5.41) is 1.000. The minimum Gasteiger partial charge on any atom is -0.469 e. The van der Waals surface area contributed by atoms with E-state index >= 15 is 0 Å². The lowest BCUT2D eigenvalue weighted by Gasteiger charge is -2.00. The molecular weight excluding hydrogens is 495 g/mol. The number of rotatable bonds is 6. The van der Waals surface area contributed by atoms with Gasteiger partial charge in [-0.25, -0.2) is 9.78 Å². The van der Waals surface area contributed by atoms with Crippen LogP contribution in [0.1, 0.15) is 15.2 Å². The fourth-order valence-electron chi connectivity index (χ4n) is 3.35. The first-order valence-electron chi connectivity index (χ1n) is 9.90. The van der Waals surface area contributed by atoms with Crippen LogP contribution in [-0.4, -0.2) is 31.1 Å². The molecule has 0 fully saturated rings. The Kier molecular flexibility index (Phi) is 6.11. The molecule has 0 radical (unpaired) electrons. The third-order valence-corrected chi connectivity index (χ3v) is 9.85. The Balaban J connectivity index is 1.52. The van der Waals surface area contributed by atoms with Crippen LogP contribution in [0.15, 0.2) is 54.6 Å². The van der Waals surface area contributed by atoms with Crippen LogP contribution in [0.5, 0.6) is 0 Å². The van der Waals surface area contributed by atoms with Crippen molar-refractivity contribution in [3.63, 3.8) is 0 Å². The Morgan fingerprint density at radius 3 is 2.39 bits per heavy atom. The summed E-state index contributed by atoms with van der Waals surface area (Å²) in [6, 6.07) is 18.0. The van der Waals surface area contributed by atoms with Gasteiger partial charge in [0.1, 0.15) is 9.88 Å². The molecular formula is C24H17NO4S4. The van der Waals surface area contributed by atoms with E-state index in [2.05, 4.69) is 18.2 Å². The number of benzene rings is 1. The summed E-state index contributed by atoms with van der Waals surface area (Å²) in [6.07, 6.45) is 0.171. The molecule has 0 N–H and O–H groups in total. The second kappa shape index (κ2) is 9.18. The highest BCUT2D eigenvalue weighted by atomic mass is 32.1. The fraction of sp³-hybridized carbons (Fsp3) is 0.125. The van der Waals surface area contributed by atoms with Gasteiger partial charge in [-0.1, -0.05) is 12.1 Å². The number of esters is 2. The number of fused-ring (bicyclic) bond motifs is 1. The van der Waals surface area contributed by atoms with Gasteiger partial charge in [0.25, 0.3) is 0 Å². The maximum Gasteiger partial charge on any atom is 0.348 e. The first-order valence-corrected chi connectivity index (χ1v) is 13.2. The third-order valence-electron chi connectivity index (χ3n) is 4.94. The van der Waals surface area contributed by atoms with Crippen LogP contribution in [0, 0.1) is 0 Å². The van der Waals surface area contributed by atoms with Gasteiger partial charge in [0.15, 0.2) is 0 Å². The fourth-order valence-corrected chi connectivity index (χ4v) is 7.71. The maximum absolute atomic E-state index is 12.1. The summed E-state index contributed by atoms with van der Waals surface area (Å²) < 4.78 is 10.9. The summed E-state index contributed by atoms with van der Waals surface area (Å²) >= 11 is 6.33. The van der Waals surface area contributed by atoms with Crippen molar-refractivity contribution in [1.29, 1.82) is 0 Å². The maximum atomic E-state index is 12.1. The average molecular weight is 512 g/mol. The third kappa shape index (κ3) is 4.37. The van der Waals surface area contributed by atoms with Crippen molar-refractivity contribution in [2.45, 2.75) is 6.42 Å². The molecule has 0 aliphatic carbocycles. The molecule has 0 amide bonds. The van der Waals surface area contributed by atoms with Crippen molar-refractivity contribution < 1.29 is 19.1 Å². The lowest BCUT2D eigenvalue weighted by atomic mass is 10.1. The van der Waals surface area contributed by atoms with Crippen LogP contribution < -0.4 is 0 Å². The number of ether oxygens (including phenoxy) is 2. The van der Waals surface area contributed by atoms with Gasteiger partial charge in [-0.15, -0.1) is 45.3 Å². The molecule has 0 aliphatic heterocycles. The van der Waals surface area contributed by atoms with Crippen LogP contribution in [0.4, 0.5) is 0 Å². The van der Waals surface area contributed by atoms with E-state index in [1.165, 1.54) is 30.3 Å². The van der Waals surface area contributed by atoms with Crippen LogP contribution in [-0.2, 0) is 20.7 Å². The molecule has 0 unspecified atom stereocenters. The molecule has 0 atom stereocenters. The average Bonchev–Trinajstić information content (AvgIpc) is 3.62. The molecule has 0 spiro atoms. The lowest BCUT2D eigenvalue weighted by molar-refractivity contribution is -0.139. The van der Waals surface area contributed by atoms with Gasteiger partial charge >= 0.3 is 11.9 Å². The predicted molar refractivity (Wildman–Crippen MR) is 137 cm³/mol. The van der Waals surface area contributed by atoms with Gasteiger partial charge in [0, 0.05) is 19.5 Å². The van der Waals surface area contributed by atoms with E-state index in [-0.39, 0.29) is 18.4 Å². The zero-order valence-corrected chi connectivity index (χ0v) is 20.9. The highest BCUT2D eigenvalue weighted by Gasteiger charge is 2.20. The van der Waals surface area contributed by atoms with Crippen LogP contribution in [0.25, 0.3) is 39.6 Å². The number of methoxy groups -OCH3 is 2. The van der Waals surface area contributed by atoms with Crippen LogP contribution in [0.3, 0.4) is 0 Å². The molecule has 1 aromatic carbocycles. The number of nitrogens with zero attached hydrogens (tertiary/aromatic N) is 1. The van der Waals surface area contributed by atoms with Gasteiger partial charge in [0.05, 0.1) is 35.7 Å². The lowest BCUT2D eigenvalue weighted by Crippen LogP contribution is -2.04. The molecule has 5 aromatic rings. The minimum absolute atomic E-state index is 0.171. The molecule has 0 aliphatic rings. The highest BCUT2D eigenvalue weighted by Crippen LogP contribution is 2.45. The van der Waals surface area contributed by atoms with Gasteiger partial charge in [-0.05, 0) is 48.0 Å². The van der Waals surface area contributed by atoms with E-state index < -0.39 is 0 Å². The van der Waals surface area contributed by atoms with Crippen LogP contribution >= 0.6 is 45.3 Å². The molecule has 166 valence electrons. The summed E-state index contributed by atoms with van der Waals surface area (Å²) in [7, 11) is 2.76. The van der Waals surface area contributed by atoms with E-state index in [1.807, 2.05) is 30.3 Å². The van der Waals surface area contributed by atoms with Crippen molar-refractivity contribution in [2.75, 3.05) is 14.2 Å². The number of aromatic nitrogens is 1. The molecule has 5 nitrogen and oxygen atoms in total. The second-order valence-electron chi connectivity index (χ2n) is 7.02.